The molecule has 0 aliphatic rings. The minimum atomic E-state index is -2.63. The molecule has 5 heteroatoms. The lowest BCUT2D eigenvalue weighted by Crippen LogP contribution is -1.70. The molecule has 0 bridgehead atoms. The van der Waals surface area contributed by atoms with Crippen molar-refractivity contribution >= 4 is 19.9 Å². The van der Waals surface area contributed by atoms with E-state index in [-0.39, 0.29) is 0 Å². The Balaban J connectivity index is 0.000000317. The molecule has 2 aromatic carbocycles. The lowest BCUT2D eigenvalue weighted by molar-refractivity contribution is 0.504. The van der Waals surface area contributed by atoms with Crippen molar-refractivity contribution in [2.45, 2.75) is 9.79 Å². The number of hydrogen-bond donors (Lipinski definition) is 2. The van der Waals surface area contributed by atoms with Crippen molar-refractivity contribution < 1.29 is 9.46 Å². The summed E-state index contributed by atoms with van der Waals surface area (Å²) in [5.74, 6) is 0. The second-order valence-electron chi connectivity index (χ2n) is 3.07. The number of rotatable bonds is 2. The molecule has 0 radical (unpaired) electrons. The molecule has 1 atom stereocenters. The molecule has 3 nitrogen and oxygen atoms in total. The second kappa shape index (κ2) is 8.09. The molecule has 0 fully saturated rings. The average molecular weight is 267 g/mol. The molecule has 0 saturated heterocycles. The Morgan fingerprint density at radius 3 is 1.47 bits per heavy atom. The third-order valence-corrected chi connectivity index (χ3v) is 2.74. The van der Waals surface area contributed by atoms with Crippen LogP contribution in [-0.2, 0) is 4.57 Å². The Bertz CT molecular complexity index is 409. The van der Waals surface area contributed by atoms with Crippen LogP contribution in [0.15, 0.2) is 70.5 Å². The molecule has 2 aromatic rings. The topological polar surface area (TPSA) is 63.3 Å². The zero-order chi connectivity index (χ0) is 12.5. The molecule has 90 valence electrons. The molecular formula is C12H14NO2PS. The standard InChI is InChI=1S/C12H10S.H4NO2P/c1-3-7-11(8-4-1)13-12-9-5-2-6-10-12;1-4(2)3/h1-10H;4H,(H3,1,2,3). The van der Waals surface area contributed by atoms with E-state index in [1.165, 1.54) is 9.79 Å². The van der Waals surface area contributed by atoms with Gasteiger partial charge >= 0.3 is 0 Å². The fraction of sp³-hybridized carbons (Fsp3) is 0. The van der Waals surface area contributed by atoms with E-state index >= 15 is 0 Å². The maximum absolute atomic E-state index is 8.96. The van der Waals surface area contributed by atoms with Crippen LogP contribution in [0.1, 0.15) is 0 Å². The summed E-state index contributed by atoms with van der Waals surface area (Å²) in [4.78, 5) is 9.95. The smallest absolute Gasteiger partial charge is 0.253 e. The SMILES string of the molecule is N[PH](=O)O.c1ccc(Sc2ccccc2)cc1. The van der Waals surface area contributed by atoms with Crippen molar-refractivity contribution in [2.75, 3.05) is 0 Å². The summed E-state index contributed by atoms with van der Waals surface area (Å²) < 4.78 is 8.96. The van der Waals surface area contributed by atoms with E-state index in [2.05, 4.69) is 54.0 Å². The number of nitrogens with two attached hydrogens (primary N) is 1. The summed E-state index contributed by atoms with van der Waals surface area (Å²) in [6.07, 6.45) is 0. The van der Waals surface area contributed by atoms with Gasteiger partial charge in [0.05, 0.1) is 0 Å². The first-order valence-corrected chi connectivity index (χ1v) is 7.20. The van der Waals surface area contributed by atoms with Crippen molar-refractivity contribution in [1.29, 1.82) is 0 Å². The zero-order valence-corrected chi connectivity index (χ0v) is 10.9. The van der Waals surface area contributed by atoms with E-state index in [0.717, 1.165) is 0 Å². The Morgan fingerprint density at radius 2 is 1.18 bits per heavy atom. The van der Waals surface area contributed by atoms with Gasteiger partial charge in [-0.2, -0.15) is 0 Å². The second-order valence-corrected chi connectivity index (χ2v) is 4.89. The zero-order valence-electron chi connectivity index (χ0n) is 9.11. The first kappa shape index (κ1) is 14.0. The molecule has 1 unspecified atom stereocenters. The molecule has 0 amide bonds. The normalized spacial score (nSPS) is 11.2. The highest BCUT2D eigenvalue weighted by Crippen LogP contribution is 2.26. The van der Waals surface area contributed by atoms with Crippen molar-refractivity contribution in [3.8, 4) is 0 Å². The van der Waals surface area contributed by atoms with Crippen LogP contribution >= 0.6 is 19.9 Å². The van der Waals surface area contributed by atoms with Gasteiger partial charge in [0.1, 0.15) is 0 Å². The van der Waals surface area contributed by atoms with Gasteiger partial charge in [-0.15, -0.1) is 0 Å². The minimum Gasteiger partial charge on any atom is -0.336 e. The highest BCUT2D eigenvalue weighted by atomic mass is 32.2. The third-order valence-electron chi connectivity index (χ3n) is 1.72. The van der Waals surface area contributed by atoms with Crippen LogP contribution in [0.2, 0.25) is 0 Å². The summed E-state index contributed by atoms with van der Waals surface area (Å²) in [7, 11) is -2.63. The fourth-order valence-electron chi connectivity index (χ4n) is 1.11. The van der Waals surface area contributed by atoms with Crippen LogP contribution in [0.4, 0.5) is 0 Å². The Morgan fingerprint density at radius 1 is 0.882 bits per heavy atom. The maximum atomic E-state index is 8.96. The van der Waals surface area contributed by atoms with E-state index in [1.54, 1.807) is 11.8 Å². The van der Waals surface area contributed by atoms with Gasteiger partial charge in [-0.1, -0.05) is 48.2 Å². The van der Waals surface area contributed by atoms with Crippen LogP contribution in [0.5, 0.6) is 0 Å². The quantitative estimate of drug-likeness (QED) is 0.820. The molecular weight excluding hydrogens is 253 g/mol. The van der Waals surface area contributed by atoms with E-state index in [0.29, 0.717) is 0 Å². The van der Waals surface area contributed by atoms with Crippen molar-refractivity contribution in [3.05, 3.63) is 60.7 Å². The predicted molar refractivity (Wildman–Crippen MR) is 72.4 cm³/mol. The van der Waals surface area contributed by atoms with E-state index < -0.39 is 8.18 Å². The summed E-state index contributed by atoms with van der Waals surface area (Å²) in [5.41, 5.74) is 4.21. The van der Waals surface area contributed by atoms with Gasteiger partial charge in [0, 0.05) is 9.79 Å². The summed E-state index contributed by atoms with van der Waals surface area (Å²) >= 11 is 1.79. The van der Waals surface area contributed by atoms with E-state index in [1.807, 2.05) is 12.1 Å². The lowest BCUT2D eigenvalue weighted by Gasteiger charge is -1.99. The molecule has 0 aliphatic carbocycles. The lowest BCUT2D eigenvalue weighted by atomic mass is 10.4. The summed E-state index contributed by atoms with van der Waals surface area (Å²) in [6, 6.07) is 20.8. The Kier molecular flexibility index (Phi) is 6.67. The average Bonchev–Trinajstić information content (AvgIpc) is 2.31. The van der Waals surface area contributed by atoms with Gasteiger partial charge in [-0.05, 0) is 24.3 Å². The highest BCUT2D eigenvalue weighted by Gasteiger charge is 1.93. The van der Waals surface area contributed by atoms with Crippen LogP contribution in [-0.4, -0.2) is 4.89 Å². The molecule has 0 aromatic heterocycles. The first-order chi connectivity index (χ1) is 8.18. The van der Waals surface area contributed by atoms with Gasteiger partial charge in [0.15, 0.2) is 0 Å². The molecule has 0 saturated carbocycles. The molecule has 0 heterocycles. The molecule has 2 rings (SSSR count). The predicted octanol–water partition coefficient (Wildman–Crippen LogP) is 3.16. The van der Waals surface area contributed by atoms with E-state index in [9.17, 15) is 0 Å². The van der Waals surface area contributed by atoms with Crippen LogP contribution in [0, 0.1) is 0 Å². The van der Waals surface area contributed by atoms with Gasteiger partial charge in [0.25, 0.3) is 8.18 Å². The molecule has 0 spiro atoms. The number of benzene rings is 2. The van der Waals surface area contributed by atoms with Gasteiger partial charge in [-0.25, -0.2) is 0 Å². The van der Waals surface area contributed by atoms with Crippen LogP contribution < -0.4 is 5.50 Å². The van der Waals surface area contributed by atoms with Gasteiger partial charge < -0.3 is 4.89 Å². The molecule has 3 N–H and O–H groups in total. The van der Waals surface area contributed by atoms with E-state index in [4.69, 9.17) is 9.46 Å². The monoisotopic (exact) mass is 267 g/mol. The molecule has 17 heavy (non-hydrogen) atoms. The Hall–Kier alpha value is -1.06. The third kappa shape index (κ3) is 6.97. The van der Waals surface area contributed by atoms with Crippen LogP contribution in [0.25, 0.3) is 0 Å². The number of hydrogen-bond acceptors (Lipinski definition) is 2. The first-order valence-electron chi connectivity index (χ1n) is 4.95. The highest BCUT2D eigenvalue weighted by molar-refractivity contribution is 7.99. The molecule has 0 aliphatic heterocycles. The van der Waals surface area contributed by atoms with Crippen molar-refractivity contribution in [1.82, 2.24) is 0 Å². The van der Waals surface area contributed by atoms with Gasteiger partial charge in [-0.3, -0.25) is 10.1 Å². The summed E-state index contributed by atoms with van der Waals surface area (Å²) in [5, 5.41) is 0. The minimum absolute atomic E-state index is 1.29. The van der Waals surface area contributed by atoms with Crippen LogP contribution in [0.3, 0.4) is 0 Å². The Labute approximate surface area is 106 Å². The van der Waals surface area contributed by atoms with Gasteiger partial charge in [0.2, 0.25) is 0 Å². The van der Waals surface area contributed by atoms with Crippen molar-refractivity contribution in [2.24, 2.45) is 5.50 Å². The maximum Gasteiger partial charge on any atom is 0.253 e. The van der Waals surface area contributed by atoms with Crippen molar-refractivity contribution in [3.63, 3.8) is 0 Å². The summed E-state index contributed by atoms with van der Waals surface area (Å²) in [6.45, 7) is 0. The largest absolute Gasteiger partial charge is 0.336 e. The fourth-order valence-corrected chi connectivity index (χ4v) is 1.97.